The van der Waals surface area contributed by atoms with Gasteiger partial charge in [-0.15, -0.1) is 0 Å². The summed E-state index contributed by atoms with van der Waals surface area (Å²) < 4.78 is 11.1. The monoisotopic (exact) mass is 460 g/mol. The number of rotatable bonds is 4. The van der Waals surface area contributed by atoms with Crippen molar-refractivity contribution in [3.05, 3.63) is 35.9 Å². The minimum Gasteiger partial charge on any atom is -0.444 e. The number of aliphatic hydroxyl groups excluding tert-OH is 1. The minimum absolute atomic E-state index is 0.123. The molecule has 0 radical (unpaired) electrons. The first kappa shape index (κ1) is 25.0. The Kier molecular flexibility index (Phi) is 7.07. The minimum atomic E-state index is -1.16. The highest BCUT2D eigenvalue weighted by Crippen LogP contribution is 2.37. The van der Waals surface area contributed by atoms with Crippen LogP contribution in [0.15, 0.2) is 30.3 Å². The average molecular weight is 461 g/mol. The van der Waals surface area contributed by atoms with E-state index in [0.717, 1.165) is 10.5 Å². The van der Waals surface area contributed by atoms with Crippen LogP contribution in [0.1, 0.15) is 66.6 Å². The van der Waals surface area contributed by atoms with Crippen molar-refractivity contribution in [1.29, 1.82) is 0 Å². The number of carbonyl (C=O) groups excluding carboxylic acids is 3. The van der Waals surface area contributed by atoms with Crippen LogP contribution < -0.4 is 0 Å². The number of aliphatic hydroxyl groups is 1. The summed E-state index contributed by atoms with van der Waals surface area (Å²) in [4.78, 5) is 41.5. The lowest BCUT2D eigenvalue weighted by Gasteiger charge is -2.35. The quantitative estimate of drug-likeness (QED) is 0.726. The van der Waals surface area contributed by atoms with Crippen LogP contribution in [-0.2, 0) is 14.3 Å². The first-order chi connectivity index (χ1) is 15.3. The van der Waals surface area contributed by atoms with Crippen molar-refractivity contribution in [2.75, 3.05) is 0 Å². The van der Waals surface area contributed by atoms with Crippen molar-refractivity contribution in [2.45, 2.75) is 90.8 Å². The Labute approximate surface area is 195 Å². The average Bonchev–Trinajstić information content (AvgIpc) is 3.21. The molecule has 8 heteroatoms. The van der Waals surface area contributed by atoms with Crippen LogP contribution in [0, 0.1) is 11.8 Å². The fourth-order valence-electron chi connectivity index (χ4n) is 4.73. The van der Waals surface area contributed by atoms with Crippen molar-refractivity contribution in [2.24, 2.45) is 11.8 Å². The summed E-state index contributed by atoms with van der Waals surface area (Å²) in [5.74, 6) is -1.31. The number of carbonyl (C=O) groups is 3. The molecule has 0 aliphatic carbocycles. The lowest BCUT2D eigenvalue weighted by molar-refractivity contribution is -0.138. The van der Waals surface area contributed by atoms with Crippen molar-refractivity contribution < 1.29 is 29.0 Å². The van der Waals surface area contributed by atoms with Crippen LogP contribution in [0.25, 0.3) is 0 Å². The molecule has 2 aliphatic heterocycles. The molecule has 7 atom stereocenters. The van der Waals surface area contributed by atoms with Gasteiger partial charge in [-0.3, -0.25) is 9.69 Å². The van der Waals surface area contributed by atoms with Crippen molar-refractivity contribution in [3.63, 3.8) is 0 Å². The fraction of sp³-hybridized carbons (Fsp3) is 0.640. The van der Waals surface area contributed by atoms with E-state index in [1.54, 1.807) is 39.5 Å². The maximum Gasteiger partial charge on any atom is 0.417 e. The molecule has 0 saturated carbocycles. The topological polar surface area (TPSA) is 96.4 Å². The standard InChI is InChI=1S/C25H36N2O6/c1-14-13-19(26(16(14)3)24(31)33-25(5,6)7)20(28)15(2)22(29)27-17(4)21(32-23(27)30)18-11-9-8-10-12-18/h8-12,14-17,19-21,28H,13H2,1-7H3/t14-,15?,16?,17+,19-,20+,21+/m0/s1. The number of imide groups is 1. The summed E-state index contributed by atoms with van der Waals surface area (Å²) in [5, 5.41) is 11.2. The van der Waals surface area contributed by atoms with E-state index in [1.165, 1.54) is 0 Å². The van der Waals surface area contributed by atoms with Crippen molar-refractivity contribution in [1.82, 2.24) is 9.80 Å². The van der Waals surface area contributed by atoms with Gasteiger partial charge in [-0.2, -0.15) is 0 Å². The maximum atomic E-state index is 13.3. The zero-order chi connectivity index (χ0) is 24.7. The number of benzene rings is 1. The van der Waals surface area contributed by atoms with E-state index in [4.69, 9.17) is 9.47 Å². The van der Waals surface area contributed by atoms with E-state index in [-0.39, 0.29) is 12.0 Å². The molecule has 0 bridgehead atoms. The second-order valence-electron chi connectivity index (χ2n) is 10.4. The number of hydrogen-bond acceptors (Lipinski definition) is 6. The Morgan fingerprint density at radius 1 is 1.12 bits per heavy atom. The van der Waals surface area contributed by atoms with Crippen molar-refractivity contribution in [3.8, 4) is 0 Å². The van der Waals surface area contributed by atoms with E-state index < -0.39 is 53.9 Å². The Balaban J connectivity index is 1.78. The van der Waals surface area contributed by atoms with Gasteiger partial charge in [0, 0.05) is 6.04 Å². The summed E-state index contributed by atoms with van der Waals surface area (Å²) in [7, 11) is 0. The Bertz CT molecular complexity index is 883. The highest BCUT2D eigenvalue weighted by atomic mass is 16.6. The van der Waals surface area contributed by atoms with Gasteiger partial charge in [-0.25, -0.2) is 14.5 Å². The van der Waals surface area contributed by atoms with Crippen LogP contribution in [-0.4, -0.2) is 62.8 Å². The molecule has 2 aliphatic rings. The van der Waals surface area contributed by atoms with Gasteiger partial charge in [0.15, 0.2) is 0 Å². The van der Waals surface area contributed by atoms with Crippen molar-refractivity contribution >= 4 is 18.1 Å². The second kappa shape index (κ2) is 9.33. The zero-order valence-corrected chi connectivity index (χ0v) is 20.5. The zero-order valence-electron chi connectivity index (χ0n) is 20.5. The third-order valence-electron chi connectivity index (χ3n) is 6.77. The van der Waals surface area contributed by atoms with Crippen LogP contribution >= 0.6 is 0 Å². The molecular weight excluding hydrogens is 424 g/mol. The summed E-state index contributed by atoms with van der Waals surface area (Å²) in [6.07, 6.45) is -2.44. The molecule has 0 spiro atoms. The van der Waals surface area contributed by atoms with E-state index in [9.17, 15) is 19.5 Å². The van der Waals surface area contributed by atoms with Gasteiger partial charge in [-0.1, -0.05) is 44.2 Å². The number of hydrogen-bond donors (Lipinski definition) is 1. The fourth-order valence-corrected chi connectivity index (χ4v) is 4.73. The first-order valence-corrected chi connectivity index (χ1v) is 11.6. The molecule has 2 unspecified atom stereocenters. The molecule has 2 heterocycles. The molecule has 33 heavy (non-hydrogen) atoms. The van der Waals surface area contributed by atoms with Gasteiger partial charge < -0.3 is 14.6 Å². The lowest BCUT2D eigenvalue weighted by Crippen LogP contribution is -2.53. The molecule has 0 aromatic heterocycles. The third kappa shape index (κ3) is 5.00. The van der Waals surface area contributed by atoms with Crippen LogP contribution in [0.4, 0.5) is 9.59 Å². The van der Waals surface area contributed by atoms with Gasteiger partial charge >= 0.3 is 12.2 Å². The summed E-state index contributed by atoms with van der Waals surface area (Å²) in [6, 6.07) is 7.99. The Morgan fingerprint density at radius 3 is 2.30 bits per heavy atom. The lowest BCUT2D eigenvalue weighted by atomic mass is 9.92. The third-order valence-corrected chi connectivity index (χ3v) is 6.77. The van der Waals surface area contributed by atoms with Crippen LogP contribution in [0.3, 0.4) is 0 Å². The largest absolute Gasteiger partial charge is 0.444 e. The number of likely N-dealkylation sites (tertiary alicyclic amines) is 1. The summed E-state index contributed by atoms with van der Waals surface area (Å²) in [5.41, 5.74) is 0.122. The molecular formula is C25H36N2O6. The predicted octanol–water partition coefficient (Wildman–Crippen LogP) is 4.13. The highest BCUT2D eigenvalue weighted by Gasteiger charge is 2.50. The van der Waals surface area contributed by atoms with Gasteiger partial charge in [-0.05, 0) is 52.5 Å². The van der Waals surface area contributed by atoms with Gasteiger partial charge in [0.05, 0.1) is 24.1 Å². The predicted molar refractivity (Wildman–Crippen MR) is 122 cm³/mol. The van der Waals surface area contributed by atoms with Gasteiger partial charge in [0.2, 0.25) is 5.91 Å². The van der Waals surface area contributed by atoms with E-state index in [1.807, 2.05) is 44.2 Å². The highest BCUT2D eigenvalue weighted by molar-refractivity contribution is 5.95. The maximum absolute atomic E-state index is 13.3. The molecule has 1 aromatic rings. The SMILES string of the molecule is CC(C(=O)N1C(=O)O[C@@H](c2ccccc2)[C@H]1C)[C@@H](O)[C@@H]1C[C@H](C)C(C)N1C(=O)OC(C)(C)C. The smallest absolute Gasteiger partial charge is 0.417 e. The second-order valence-corrected chi connectivity index (χ2v) is 10.4. The first-order valence-electron chi connectivity index (χ1n) is 11.6. The van der Waals surface area contributed by atoms with Crippen LogP contribution in [0.5, 0.6) is 0 Å². The van der Waals surface area contributed by atoms with E-state index >= 15 is 0 Å². The van der Waals surface area contributed by atoms with E-state index in [2.05, 4.69) is 0 Å². The number of ether oxygens (including phenoxy) is 2. The van der Waals surface area contributed by atoms with Gasteiger partial charge in [0.1, 0.15) is 11.7 Å². The number of cyclic esters (lactones) is 1. The summed E-state index contributed by atoms with van der Waals surface area (Å²) in [6.45, 7) is 12.6. The Morgan fingerprint density at radius 2 is 1.73 bits per heavy atom. The number of amides is 3. The summed E-state index contributed by atoms with van der Waals surface area (Å²) >= 11 is 0. The molecule has 8 nitrogen and oxygen atoms in total. The Hall–Kier alpha value is -2.61. The number of nitrogens with zero attached hydrogens (tertiary/aromatic N) is 2. The molecule has 1 N–H and O–H groups in total. The molecule has 1 aromatic carbocycles. The normalized spacial score (nSPS) is 29.6. The van der Waals surface area contributed by atoms with Gasteiger partial charge in [0.25, 0.3) is 0 Å². The molecule has 182 valence electrons. The molecule has 3 amide bonds. The molecule has 2 fully saturated rings. The van der Waals surface area contributed by atoms with Crippen LogP contribution in [0.2, 0.25) is 0 Å². The molecule has 3 rings (SSSR count). The molecule has 2 saturated heterocycles. The van der Waals surface area contributed by atoms with E-state index in [0.29, 0.717) is 6.42 Å².